The molecule has 5 heteroatoms. The molecule has 5 nitrogen and oxygen atoms in total. The van der Waals surface area contributed by atoms with Crippen LogP contribution < -0.4 is 16.0 Å². The van der Waals surface area contributed by atoms with Crippen molar-refractivity contribution < 1.29 is 9.59 Å². The predicted octanol–water partition coefficient (Wildman–Crippen LogP) is -0.231. The Labute approximate surface area is 96.4 Å². The van der Waals surface area contributed by atoms with Crippen LogP contribution in [0.15, 0.2) is 0 Å². The number of piperidine rings is 1. The Balaban J connectivity index is 2.20. The molecule has 2 amide bonds. The summed E-state index contributed by atoms with van der Waals surface area (Å²) in [6.45, 7) is 5.44. The Kier molecular flexibility index (Phi) is 5.25. The van der Waals surface area contributed by atoms with Gasteiger partial charge in [-0.25, -0.2) is 0 Å². The van der Waals surface area contributed by atoms with Gasteiger partial charge in [0, 0.05) is 25.6 Å². The van der Waals surface area contributed by atoms with E-state index in [0.717, 1.165) is 19.4 Å². The van der Waals surface area contributed by atoms with Crippen LogP contribution in [0.3, 0.4) is 0 Å². The first kappa shape index (κ1) is 13.0. The van der Waals surface area contributed by atoms with E-state index in [1.807, 2.05) is 13.8 Å². The lowest BCUT2D eigenvalue weighted by molar-refractivity contribution is -0.130. The molecule has 1 aliphatic rings. The molecule has 1 saturated heterocycles. The molecular formula is C11H21N3O2. The third-order valence-electron chi connectivity index (χ3n) is 2.53. The zero-order valence-corrected chi connectivity index (χ0v) is 10.0. The number of hydrogen-bond acceptors (Lipinski definition) is 3. The molecule has 0 aromatic carbocycles. The molecule has 0 aromatic heterocycles. The van der Waals surface area contributed by atoms with Crippen LogP contribution in [0.25, 0.3) is 0 Å². The topological polar surface area (TPSA) is 70.2 Å². The second-order valence-electron chi connectivity index (χ2n) is 4.41. The van der Waals surface area contributed by atoms with Gasteiger partial charge in [-0.1, -0.05) is 13.8 Å². The van der Waals surface area contributed by atoms with Crippen molar-refractivity contribution in [3.63, 3.8) is 0 Å². The molecule has 0 aliphatic carbocycles. The van der Waals surface area contributed by atoms with Crippen molar-refractivity contribution in [3.8, 4) is 0 Å². The number of carbonyl (C=O) groups is 2. The zero-order chi connectivity index (χ0) is 12.0. The molecule has 1 fully saturated rings. The summed E-state index contributed by atoms with van der Waals surface area (Å²) in [5.41, 5.74) is 0. The summed E-state index contributed by atoms with van der Waals surface area (Å²) in [6.07, 6.45) is 2.10. The predicted molar refractivity (Wildman–Crippen MR) is 61.9 cm³/mol. The first-order valence-corrected chi connectivity index (χ1v) is 5.90. The number of carbonyl (C=O) groups excluding carboxylic acids is 2. The van der Waals surface area contributed by atoms with E-state index in [2.05, 4.69) is 16.0 Å². The maximum atomic E-state index is 11.5. The molecule has 1 rings (SSSR count). The summed E-state index contributed by atoms with van der Waals surface area (Å²) in [7, 11) is 0. The largest absolute Gasteiger partial charge is 0.354 e. The molecule has 0 bridgehead atoms. The summed E-state index contributed by atoms with van der Waals surface area (Å²) in [5.74, 6) is -0.119. The van der Waals surface area contributed by atoms with Crippen molar-refractivity contribution >= 4 is 11.8 Å². The van der Waals surface area contributed by atoms with Crippen molar-refractivity contribution in [1.82, 2.24) is 16.0 Å². The van der Waals surface area contributed by atoms with Gasteiger partial charge < -0.3 is 16.0 Å². The van der Waals surface area contributed by atoms with Crippen LogP contribution in [0, 0.1) is 0 Å². The number of rotatable bonds is 5. The summed E-state index contributed by atoms with van der Waals surface area (Å²) >= 11 is 0. The highest BCUT2D eigenvalue weighted by Crippen LogP contribution is 2.02. The fourth-order valence-corrected chi connectivity index (χ4v) is 1.65. The lowest BCUT2D eigenvalue weighted by Gasteiger charge is -2.22. The standard InChI is InChI=1S/C11H21N3O2/c1-8(2)12-7-5-10(15)14-9-4-3-6-13-11(9)16/h8-9,12H,3-7H2,1-2H3,(H,13,16)(H,14,15). The van der Waals surface area contributed by atoms with E-state index in [1.165, 1.54) is 0 Å². The first-order chi connectivity index (χ1) is 7.59. The van der Waals surface area contributed by atoms with Gasteiger partial charge >= 0.3 is 0 Å². The minimum atomic E-state index is -0.333. The minimum absolute atomic E-state index is 0.0589. The van der Waals surface area contributed by atoms with E-state index in [9.17, 15) is 9.59 Å². The molecule has 1 aliphatic heterocycles. The molecule has 0 spiro atoms. The van der Waals surface area contributed by atoms with Gasteiger partial charge in [0.05, 0.1) is 0 Å². The maximum absolute atomic E-state index is 11.5. The monoisotopic (exact) mass is 227 g/mol. The first-order valence-electron chi connectivity index (χ1n) is 5.90. The molecule has 0 radical (unpaired) electrons. The Hall–Kier alpha value is -1.10. The minimum Gasteiger partial charge on any atom is -0.354 e. The Bertz CT molecular complexity index is 254. The molecular weight excluding hydrogens is 206 g/mol. The van der Waals surface area contributed by atoms with Crippen LogP contribution in [0.5, 0.6) is 0 Å². The summed E-state index contributed by atoms with van der Waals surface area (Å²) in [4.78, 5) is 22.9. The Morgan fingerprint density at radius 1 is 1.56 bits per heavy atom. The fourth-order valence-electron chi connectivity index (χ4n) is 1.65. The molecule has 3 N–H and O–H groups in total. The highest BCUT2D eigenvalue weighted by molar-refractivity contribution is 5.88. The van der Waals surface area contributed by atoms with Crippen LogP contribution in [0.1, 0.15) is 33.1 Å². The molecule has 92 valence electrons. The highest BCUT2D eigenvalue weighted by Gasteiger charge is 2.22. The van der Waals surface area contributed by atoms with E-state index in [-0.39, 0.29) is 17.9 Å². The average molecular weight is 227 g/mol. The lowest BCUT2D eigenvalue weighted by atomic mass is 10.1. The van der Waals surface area contributed by atoms with Crippen molar-refractivity contribution in [1.29, 1.82) is 0 Å². The molecule has 16 heavy (non-hydrogen) atoms. The smallest absolute Gasteiger partial charge is 0.242 e. The van der Waals surface area contributed by atoms with Crippen molar-refractivity contribution in [3.05, 3.63) is 0 Å². The van der Waals surface area contributed by atoms with Gasteiger partial charge in [0.2, 0.25) is 11.8 Å². The van der Waals surface area contributed by atoms with Gasteiger partial charge in [-0.3, -0.25) is 9.59 Å². The van der Waals surface area contributed by atoms with Gasteiger partial charge in [-0.15, -0.1) is 0 Å². The SMILES string of the molecule is CC(C)NCCC(=O)NC1CCCNC1=O. The van der Waals surface area contributed by atoms with Gasteiger partial charge in [0.15, 0.2) is 0 Å². The Morgan fingerprint density at radius 2 is 2.31 bits per heavy atom. The van der Waals surface area contributed by atoms with Gasteiger partial charge in [0.1, 0.15) is 6.04 Å². The number of hydrogen-bond donors (Lipinski definition) is 3. The lowest BCUT2D eigenvalue weighted by Crippen LogP contribution is -2.50. The molecule has 0 saturated carbocycles. The summed E-state index contributed by atoms with van der Waals surface area (Å²) in [5, 5.41) is 8.66. The normalized spacial score (nSPS) is 20.7. The average Bonchev–Trinajstić information content (AvgIpc) is 2.21. The summed E-state index contributed by atoms with van der Waals surface area (Å²) in [6, 6.07) is 0.0473. The highest BCUT2D eigenvalue weighted by atomic mass is 16.2. The quantitative estimate of drug-likeness (QED) is 0.607. The van der Waals surface area contributed by atoms with E-state index in [1.54, 1.807) is 0 Å². The van der Waals surface area contributed by atoms with Crippen molar-refractivity contribution in [2.75, 3.05) is 13.1 Å². The van der Waals surface area contributed by atoms with Crippen LogP contribution in [0.2, 0.25) is 0 Å². The molecule has 1 unspecified atom stereocenters. The van der Waals surface area contributed by atoms with Gasteiger partial charge in [-0.2, -0.15) is 0 Å². The third kappa shape index (κ3) is 4.61. The molecule has 0 aromatic rings. The number of nitrogens with one attached hydrogen (secondary N) is 3. The van der Waals surface area contributed by atoms with Crippen molar-refractivity contribution in [2.45, 2.75) is 45.2 Å². The van der Waals surface area contributed by atoms with Crippen LogP contribution in [0.4, 0.5) is 0 Å². The molecule has 1 atom stereocenters. The van der Waals surface area contributed by atoms with Crippen LogP contribution >= 0.6 is 0 Å². The summed E-state index contributed by atoms with van der Waals surface area (Å²) < 4.78 is 0. The van der Waals surface area contributed by atoms with E-state index in [4.69, 9.17) is 0 Å². The number of amides is 2. The van der Waals surface area contributed by atoms with E-state index in [0.29, 0.717) is 19.0 Å². The second-order valence-corrected chi connectivity index (χ2v) is 4.41. The van der Waals surface area contributed by atoms with Crippen molar-refractivity contribution in [2.24, 2.45) is 0 Å². The fraction of sp³-hybridized carbons (Fsp3) is 0.818. The third-order valence-corrected chi connectivity index (χ3v) is 2.53. The van der Waals surface area contributed by atoms with Gasteiger partial charge in [0.25, 0.3) is 0 Å². The van der Waals surface area contributed by atoms with E-state index >= 15 is 0 Å². The second kappa shape index (κ2) is 6.48. The molecule has 1 heterocycles. The van der Waals surface area contributed by atoms with Crippen LogP contribution in [-0.4, -0.2) is 37.0 Å². The van der Waals surface area contributed by atoms with E-state index < -0.39 is 0 Å². The van der Waals surface area contributed by atoms with Crippen LogP contribution in [-0.2, 0) is 9.59 Å². The maximum Gasteiger partial charge on any atom is 0.242 e. The Morgan fingerprint density at radius 3 is 2.94 bits per heavy atom. The zero-order valence-electron chi connectivity index (χ0n) is 10.0. The van der Waals surface area contributed by atoms with Gasteiger partial charge in [-0.05, 0) is 12.8 Å².